The van der Waals surface area contributed by atoms with Crippen LogP contribution in [-0.4, -0.2) is 31.6 Å². The number of hydrogen-bond donors (Lipinski definition) is 2. The van der Waals surface area contributed by atoms with Crippen molar-refractivity contribution in [3.05, 3.63) is 29.8 Å². The average Bonchev–Trinajstić information content (AvgIpc) is 2.48. The van der Waals surface area contributed by atoms with Gasteiger partial charge in [-0.05, 0) is 50.4 Å². The fourth-order valence-corrected chi connectivity index (χ4v) is 2.45. The van der Waals surface area contributed by atoms with Crippen LogP contribution < -0.4 is 15.4 Å². The summed E-state index contributed by atoms with van der Waals surface area (Å²) in [6.45, 7) is 4.61. The van der Waals surface area contributed by atoms with Crippen LogP contribution in [0.15, 0.2) is 24.3 Å². The highest BCUT2D eigenvalue weighted by Gasteiger charge is 2.14. The highest BCUT2D eigenvalue weighted by atomic mass is 16.5. The molecule has 0 radical (unpaired) electrons. The molecule has 2 rings (SSSR count). The number of carbonyl (C=O) groups is 1. The minimum atomic E-state index is 0.146. The first-order valence-corrected chi connectivity index (χ1v) is 7.49. The van der Waals surface area contributed by atoms with E-state index in [1.165, 1.54) is 5.56 Å². The van der Waals surface area contributed by atoms with E-state index in [2.05, 4.69) is 10.6 Å². The number of amides is 1. The molecule has 0 aromatic heterocycles. The second kappa shape index (κ2) is 7.90. The van der Waals surface area contributed by atoms with Gasteiger partial charge in [0.25, 0.3) is 0 Å². The molecular formula is C16H24N2O2. The predicted octanol–water partition coefficient (Wildman–Crippen LogP) is 1.89. The van der Waals surface area contributed by atoms with Crippen molar-refractivity contribution in [2.24, 2.45) is 0 Å². The second-order valence-corrected chi connectivity index (χ2v) is 5.19. The summed E-state index contributed by atoms with van der Waals surface area (Å²) >= 11 is 0. The Kier molecular flexibility index (Phi) is 5.87. The van der Waals surface area contributed by atoms with Gasteiger partial charge in [0.05, 0.1) is 6.61 Å². The molecule has 2 N–H and O–H groups in total. The fraction of sp³-hybridized carbons (Fsp3) is 0.562. The van der Waals surface area contributed by atoms with Gasteiger partial charge in [0.1, 0.15) is 5.75 Å². The zero-order valence-electron chi connectivity index (χ0n) is 12.2. The molecule has 4 heteroatoms. The summed E-state index contributed by atoms with van der Waals surface area (Å²) < 4.78 is 5.40. The van der Waals surface area contributed by atoms with E-state index in [0.717, 1.165) is 38.1 Å². The van der Waals surface area contributed by atoms with Gasteiger partial charge < -0.3 is 15.4 Å². The third kappa shape index (κ3) is 4.85. The summed E-state index contributed by atoms with van der Waals surface area (Å²) in [5, 5.41) is 6.40. The first-order chi connectivity index (χ1) is 9.78. The number of hydrogen-bond acceptors (Lipinski definition) is 3. The molecule has 0 bridgehead atoms. The van der Waals surface area contributed by atoms with Crippen LogP contribution in [0.5, 0.6) is 5.75 Å². The summed E-state index contributed by atoms with van der Waals surface area (Å²) in [5.41, 5.74) is 1.17. The van der Waals surface area contributed by atoms with Gasteiger partial charge in [-0.25, -0.2) is 0 Å². The second-order valence-electron chi connectivity index (χ2n) is 5.19. The van der Waals surface area contributed by atoms with Crippen molar-refractivity contribution in [3.63, 3.8) is 0 Å². The number of piperidine rings is 1. The molecule has 1 aliphatic heterocycles. The van der Waals surface area contributed by atoms with Crippen LogP contribution in [0.4, 0.5) is 0 Å². The Labute approximate surface area is 120 Å². The molecule has 1 aromatic carbocycles. The number of rotatable bonds is 6. The molecule has 1 fully saturated rings. The summed E-state index contributed by atoms with van der Waals surface area (Å²) in [5.74, 6) is 1.03. The highest BCUT2D eigenvalue weighted by Crippen LogP contribution is 2.13. The van der Waals surface area contributed by atoms with Crippen LogP contribution in [-0.2, 0) is 11.2 Å². The van der Waals surface area contributed by atoms with E-state index in [-0.39, 0.29) is 5.91 Å². The van der Waals surface area contributed by atoms with Gasteiger partial charge in [0.15, 0.2) is 0 Å². The molecule has 1 atom stereocenters. The van der Waals surface area contributed by atoms with Crippen LogP contribution in [0.1, 0.15) is 31.7 Å². The van der Waals surface area contributed by atoms with Crippen LogP contribution >= 0.6 is 0 Å². The van der Waals surface area contributed by atoms with E-state index in [1.807, 2.05) is 31.2 Å². The Hall–Kier alpha value is -1.55. The van der Waals surface area contributed by atoms with Crippen molar-refractivity contribution < 1.29 is 9.53 Å². The maximum absolute atomic E-state index is 11.9. The molecule has 20 heavy (non-hydrogen) atoms. The van der Waals surface area contributed by atoms with Gasteiger partial charge in [0, 0.05) is 19.0 Å². The summed E-state index contributed by atoms with van der Waals surface area (Å²) in [6.07, 6.45) is 3.55. The first-order valence-electron chi connectivity index (χ1n) is 7.49. The van der Waals surface area contributed by atoms with Crippen molar-refractivity contribution in [3.8, 4) is 5.75 Å². The summed E-state index contributed by atoms with van der Waals surface area (Å²) in [6, 6.07) is 8.28. The standard InChI is InChI=1S/C16H24N2O2/c1-2-20-15-8-5-13(6-9-15)7-10-16(19)18-14-4-3-11-17-12-14/h5-6,8-9,14,17H,2-4,7,10-12H2,1H3,(H,18,19)/t14-/m0/s1. The lowest BCUT2D eigenvalue weighted by atomic mass is 10.1. The zero-order chi connectivity index (χ0) is 14.2. The van der Waals surface area contributed by atoms with E-state index in [0.29, 0.717) is 19.1 Å². The lowest BCUT2D eigenvalue weighted by molar-refractivity contribution is -0.121. The van der Waals surface area contributed by atoms with Crippen LogP contribution in [0, 0.1) is 0 Å². The van der Waals surface area contributed by atoms with E-state index < -0.39 is 0 Å². The third-order valence-corrected chi connectivity index (χ3v) is 3.54. The van der Waals surface area contributed by atoms with Gasteiger partial charge >= 0.3 is 0 Å². The van der Waals surface area contributed by atoms with Crippen LogP contribution in [0.2, 0.25) is 0 Å². The van der Waals surface area contributed by atoms with E-state index in [9.17, 15) is 4.79 Å². The lowest BCUT2D eigenvalue weighted by Crippen LogP contribution is -2.45. The Morgan fingerprint density at radius 1 is 1.40 bits per heavy atom. The Balaban J connectivity index is 1.72. The van der Waals surface area contributed by atoms with Gasteiger partial charge in [-0.15, -0.1) is 0 Å². The van der Waals surface area contributed by atoms with Gasteiger partial charge in [-0.1, -0.05) is 12.1 Å². The quantitative estimate of drug-likeness (QED) is 0.834. The highest BCUT2D eigenvalue weighted by molar-refractivity contribution is 5.76. The molecule has 1 heterocycles. The Morgan fingerprint density at radius 3 is 2.85 bits per heavy atom. The summed E-state index contributed by atoms with van der Waals surface area (Å²) in [7, 11) is 0. The SMILES string of the molecule is CCOc1ccc(CCC(=O)N[C@H]2CCCNC2)cc1. The average molecular weight is 276 g/mol. The third-order valence-electron chi connectivity index (χ3n) is 3.54. The van der Waals surface area contributed by atoms with E-state index in [1.54, 1.807) is 0 Å². The molecule has 0 aliphatic carbocycles. The van der Waals surface area contributed by atoms with Gasteiger partial charge in [-0.3, -0.25) is 4.79 Å². The van der Waals surface area contributed by atoms with E-state index in [4.69, 9.17) is 4.74 Å². The predicted molar refractivity (Wildman–Crippen MR) is 80.0 cm³/mol. The molecule has 1 aromatic rings. The molecule has 110 valence electrons. The number of nitrogens with one attached hydrogen (secondary N) is 2. The fourth-order valence-electron chi connectivity index (χ4n) is 2.45. The maximum atomic E-state index is 11.9. The molecule has 0 spiro atoms. The van der Waals surface area contributed by atoms with Crippen molar-refractivity contribution in [1.29, 1.82) is 0 Å². The molecule has 1 aliphatic rings. The van der Waals surface area contributed by atoms with Crippen molar-refractivity contribution >= 4 is 5.91 Å². The van der Waals surface area contributed by atoms with Crippen LogP contribution in [0.25, 0.3) is 0 Å². The minimum absolute atomic E-state index is 0.146. The smallest absolute Gasteiger partial charge is 0.220 e. The summed E-state index contributed by atoms with van der Waals surface area (Å²) in [4.78, 5) is 11.9. The molecular weight excluding hydrogens is 252 g/mol. The normalized spacial score (nSPS) is 18.6. The molecule has 4 nitrogen and oxygen atoms in total. The zero-order valence-corrected chi connectivity index (χ0v) is 12.2. The monoisotopic (exact) mass is 276 g/mol. The van der Waals surface area contributed by atoms with Crippen LogP contribution in [0.3, 0.4) is 0 Å². The van der Waals surface area contributed by atoms with E-state index >= 15 is 0 Å². The molecule has 0 saturated carbocycles. The Bertz CT molecular complexity index is 411. The van der Waals surface area contributed by atoms with Crippen molar-refractivity contribution in [2.75, 3.05) is 19.7 Å². The first kappa shape index (κ1) is 14.9. The number of carbonyl (C=O) groups excluding carboxylic acids is 1. The number of aryl methyl sites for hydroxylation is 1. The van der Waals surface area contributed by atoms with Crippen molar-refractivity contribution in [1.82, 2.24) is 10.6 Å². The number of benzene rings is 1. The maximum Gasteiger partial charge on any atom is 0.220 e. The Morgan fingerprint density at radius 2 is 2.20 bits per heavy atom. The molecule has 1 amide bonds. The number of ether oxygens (including phenoxy) is 1. The minimum Gasteiger partial charge on any atom is -0.494 e. The topological polar surface area (TPSA) is 50.4 Å². The lowest BCUT2D eigenvalue weighted by Gasteiger charge is -2.23. The van der Waals surface area contributed by atoms with Gasteiger partial charge in [-0.2, -0.15) is 0 Å². The molecule has 1 saturated heterocycles. The molecule has 0 unspecified atom stereocenters. The largest absolute Gasteiger partial charge is 0.494 e. The van der Waals surface area contributed by atoms with Gasteiger partial charge in [0.2, 0.25) is 5.91 Å². The van der Waals surface area contributed by atoms with Crippen molar-refractivity contribution in [2.45, 2.75) is 38.6 Å².